The molecule has 2 N–H and O–H groups in total. The lowest BCUT2D eigenvalue weighted by Gasteiger charge is -2.39. The average Bonchev–Trinajstić information content (AvgIpc) is 2.75. The van der Waals surface area contributed by atoms with Crippen LogP contribution in [-0.4, -0.2) is 23.4 Å². The number of benzene rings is 1. The fourth-order valence-corrected chi connectivity index (χ4v) is 5.10. The zero-order valence-corrected chi connectivity index (χ0v) is 16.1. The van der Waals surface area contributed by atoms with E-state index in [1.807, 2.05) is 37.3 Å². The van der Waals surface area contributed by atoms with E-state index >= 15 is 0 Å². The first-order chi connectivity index (χ1) is 10.7. The molecule has 1 saturated carbocycles. The van der Waals surface area contributed by atoms with Gasteiger partial charge >= 0.3 is 0 Å². The second-order valence-electron chi connectivity index (χ2n) is 8.91. The highest BCUT2D eigenvalue weighted by molar-refractivity contribution is 5.85. The Balaban J connectivity index is 0.00000208. The number of nitrogens with two attached hydrogens (primary N) is 1. The number of carbonyl (C=O) groups is 1. The molecule has 24 heavy (non-hydrogen) atoms. The first-order valence-electron chi connectivity index (χ1n) is 8.82. The molecule has 0 radical (unpaired) electrons. The fraction of sp³-hybridized carbons (Fsp3) is 0.650. The van der Waals surface area contributed by atoms with E-state index in [-0.39, 0.29) is 35.7 Å². The summed E-state index contributed by atoms with van der Waals surface area (Å²) in [6, 6.07) is 10.1. The van der Waals surface area contributed by atoms with Gasteiger partial charge in [0.1, 0.15) is 0 Å². The Bertz CT molecular complexity index is 589. The van der Waals surface area contributed by atoms with Crippen LogP contribution in [0.2, 0.25) is 0 Å². The minimum atomic E-state index is -0.232. The van der Waals surface area contributed by atoms with Crippen molar-refractivity contribution in [2.45, 2.75) is 59.0 Å². The van der Waals surface area contributed by atoms with Gasteiger partial charge in [-0.15, -0.1) is 12.4 Å². The second kappa shape index (κ2) is 6.68. The molecule has 4 atom stereocenters. The highest BCUT2D eigenvalue weighted by Gasteiger charge is 2.51. The molecule has 1 aliphatic carbocycles. The lowest BCUT2D eigenvalue weighted by atomic mass is 9.65. The molecule has 3 nitrogen and oxygen atoms in total. The van der Waals surface area contributed by atoms with Crippen molar-refractivity contribution in [3.63, 3.8) is 0 Å². The van der Waals surface area contributed by atoms with Gasteiger partial charge in [0, 0.05) is 18.6 Å². The van der Waals surface area contributed by atoms with Crippen molar-refractivity contribution in [1.29, 1.82) is 0 Å². The molecule has 0 aromatic heterocycles. The summed E-state index contributed by atoms with van der Waals surface area (Å²) < 4.78 is 0. The SMILES string of the molecule is CC(C(=O)N1CC2(C)CC1CC(C)(C)C2)C(N)c1ccccc1.Cl. The van der Waals surface area contributed by atoms with Crippen LogP contribution in [0.25, 0.3) is 0 Å². The summed E-state index contributed by atoms with van der Waals surface area (Å²) in [5.41, 5.74) is 8.03. The van der Waals surface area contributed by atoms with Crippen LogP contribution < -0.4 is 5.73 Å². The number of nitrogens with zero attached hydrogens (tertiary/aromatic N) is 1. The first kappa shape index (κ1) is 19.3. The van der Waals surface area contributed by atoms with Crippen LogP contribution in [0.4, 0.5) is 0 Å². The van der Waals surface area contributed by atoms with E-state index in [0.717, 1.165) is 24.9 Å². The van der Waals surface area contributed by atoms with Crippen LogP contribution in [0.5, 0.6) is 0 Å². The maximum atomic E-state index is 13.1. The van der Waals surface area contributed by atoms with Crippen molar-refractivity contribution in [2.24, 2.45) is 22.5 Å². The Kier molecular flexibility index (Phi) is 5.37. The van der Waals surface area contributed by atoms with Crippen LogP contribution in [0, 0.1) is 16.7 Å². The van der Waals surface area contributed by atoms with Gasteiger partial charge < -0.3 is 10.6 Å². The summed E-state index contributed by atoms with van der Waals surface area (Å²) in [6.45, 7) is 9.90. The minimum Gasteiger partial charge on any atom is -0.339 e. The van der Waals surface area contributed by atoms with E-state index in [1.165, 1.54) is 6.42 Å². The van der Waals surface area contributed by atoms with Crippen molar-refractivity contribution in [1.82, 2.24) is 4.90 Å². The van der Waals surface area contributed by atoms with E-state index < -0.39 is 0 Å². The summed E-state index contributed by atoms with van der Waals surface area (Å²) in [6.07, 6.45) is 3.47. The Morgan fingerprint density at radius 1 is 1.21 bits per heavy atom. The van der Waals surface area contributed by atoms with Gasteiger partial charge in [-0.3, -0.25) is 4.79 Å². The van der Waals surface area contributed by atoms with E-state index in [2.05, 4.69) is 25.7 Å². The largest absolute Gasteiger partial charge is 0.339 e. The molecular formula is C20H31ClN2O. The minimum absolute atomic E-state index is 0. The highest BCUT2D eigenvalue weighted by Crippen LogP contribution is 2.52. The molecule has 1 heterocycles. The maximum absolute atomic E-state index is 13.1. The number of rotatable bonds is 3. The fourth-order valence-electron chi connectivity index (χ4n) is 5.10. The standard InChI is InChI=1S/C20H30N2O.ClH/c1-14(17(21)15-8-6-5-7-9-15)18(23)22-13-20(4)11-16(22)10-19(2,3)12-20;/h5-9,14,16-17H,10-13,21H2,1-4H3;1H. The smallest absolute Gasteiger partial charge is 0.227 e. The third kappa shape index (κ3) is 3.62. The van der Waals surface area contributed by atoms with E-state index in [0.29, 0.717) is 11.5 Å². The van der Waals surface area contributed by atoms with Gasteiger partial charge in [-0.25, -0.2) is 0 Å². The summed E-state index contributed by atoms with van der Waals surface area (Å²) in [7, 11) is 0. The topological polar surface area (TPSA) is 46.3 Å². The summed E-state index contributed by atoms with van der Waals surface area (Å²) in [4.78, 5) is 15.2. The van der Waals surface area contributed by atoms with Gasteiger partial charge in [-0.2, -0.15) is 0 Å². The first-order valence-corrected chi connectivity index (χ1v) is 8.82. The molecule has 134 valence electrons. The zero-order chi connectivity index (χ0) is 16.8. The molecule has 1 amide bonds. The predicted molar refractivity (Wildman–Crippen MR) is 101 cm³/mol. The van der Waals surface area contributed by atoms with Crippen molar-refractivity contribution in [3.05, 3.63) is 35.9 Å². The lowest BCUT2D eigenvalue weighted by Crippen LogP contribution is -2.43. The number of likely N-dealkylation sites (tertiary alicyclic amines) is 1. The molecular weight excluding hydrogens is 320 g/mol. The Morgan fingerprint density at radius 3 is 2.46 bits per heavy atom. The van der Waals surface area contributed by atoms with Crippen LogP contribution in [0.15, 0.2) is 30.3 Å². The maximum Gasteiger partial charge on any atom is 0.227 e. The normalized spacial score (nSPS) is 30.4. The lowest BCUT2D eigenvalue weighted by molar-refractivity contribution is -0.136. The number of hydrogen-bond donors (Lipinski definition) is 1. The number of hydrogen-bond acceptors (Lipinski definition) is 2. The van der Waals surface area contributed by atoms with Crippen molar-refractivity contribution < 1.29 is 4.79 Å². The summed E-state index contributed by atoms with van der Waals surface area (Å²) >= 11 is 0. The monoisotopic (exact) mass is 350 g/mol. The molecule has 3 rings (SSSR count). The molecule has 2 fully saturated rings. The average molecular weight is 351 g/mol. The van der Waals surface area contributed by atoms with E-state index in [1.54, 1.807) is 0 Å². The van der Waals surface area contributed by atoms with Crippen molar-refractivity contribution in [2.75, 3.05) is 6.54 Å². The molecule has 0 spiro atoms. The number of fused-ring (bicyclic) bond motifs is 2. The van der Waals surface area contributed by atoms with Crippen molar-refractivity contribution in [3.8, 4) is 0 Å². The molecule has 4 unspecified atom stereocenters. The quantitative estimate of drug-likeness (QED) is 0.889. The second-order valence-corrected chi connectivity index (χ2v) is 8.91. The third-order valence-electron chi connectivity index (χ3n) is 5.81. The molecule has 1 aromatic rings. The predicted octanol–water partition coefficient (Wildman–Crippen LogP) is 4.17. The van der Waals surface area contributed by atoms with Gasteiger partial charge in [0.05, 0.1) is 5.92 Å². The Morgan fingerprint density at radius 2 is 1.83 bits per heavy atom. The molecule has 1 aromatic carbocycles. The molecule has 2 aliphatic rings. The van der Waals surface area contributed by atoms with Gasteiger partial charge in [-0.05, 0) is 35.7 Å². The number of amides is 1. The van der Waals surface area contributed by atoms with Crippen LogP contribution in [0.3, 0.4) is 0 Å². The Hall–Kier alpha value is -1.06. The molecule has 2 bridgehead atoms. The zero-order valence-electron chi connectivity index (χ0n) is 15.3. The third-order valence-corrected chi connectivity index (χ3v) is 5.81. The van der Waals surface area contributed by atoms with E-state index in [9.17, 15) is 4.79 Å². The van der Waals surface area contributed by atoms with Crippen LogP contribution >= 0.6 is 12.4 Å². The summed E-state index contributed by atoms with van der Waals surface area (Å²) in [5, 5.41) is 0. The van der Waals surface area contributed by atoms with Crippen molar-refractivity contribution >= 4 is 18.3 Å². The van der Waals surface area contributed by atoms with Gasteiger partial charge in [0.15, 0.2) is 0 Å². The van der Waals surface area contributed by atoms with Gasteiger partial charge in [0.2, 0.25) is 5.91 Å². The number of halogens is 1. The number of carbonyl (C=O) groups excluding carboxylic acids is 1. The van der Waals surface area contributed by atoms with Gasteiger partial charge in [0.25, 0.3) is 0 Å². The molecule has 1 saturated heterocycles. The molecule has 4 heteroatoms. The Labute approximate surface area is 152 Å². The van der Waals surface area contributed by atoms with Crippen LogP contribution in [-0.2, 0) is 4.79 Å². The van der Waals surface area contributed by atoms with Gasteiger partial charge in [-0.1, -0.05) is 58.0 Å². The summed E-state index contributed by atoms with van der Waals surface area (Å²) in [5.74, 6) is 0.0521. The van der Waals surface area contributed by atoms with E-state index in [4.69, 9.17) is 5.73 Å². The van der Waals surface area contributed by atoms with Crippen LogP contribution in [0.1, 0.15) is 58.6 Å². The molecule has 1 aliphatic heterocycles. The highest BCUT2D eigenvalue weighted by atomic mass is 35.5.